The topological polar surface area (TPSA) is 96.1 Å². The van der Waals surface area contributed by atoms with Gasteiger partial charge in [-0.1, -0.05) is 12.1 Å². The van der Waals surface area contributed by atoms with Gasteiger partial charge in [-0.25, -0.2) is 0 Å². The number of methoxy groups -OCH3 is 2. The fourth-order valence-corrected chi connectivity index (χ4v) is 6.20. The van der Waals surface area contributed by atoms with Crippen LogP contribution in [0.25, 0.3) is 11.1 Å². The number of carbonyl (C=O) groups is 1. The Morgan fingerprint density at radius 2 is 1.64 bits per heavy atom. The number of aryl methyl sites for hydroxylation is 1. The molecular weight excluding hydrogens is 556 g/mol. The van der Waals surface area contributed by atoms with E-state index in [4.69, 9.17) is 14.2 Å². The number of rotatable bonds is 13. The Morgan fingerprint density at radius 3 is 2.25 bits per heavy atom. The van der Waals surface area contributed by atoms with E-state index in [1.807, 2.05) is 37.3 Å². The van der Waals surface area contributed by atoms with Crippen LogP contribution in [0.5, 0.6) is 11.5 Å². The second-order valence-corrected chi connectivity index (χ2v) is 11.8. The molecule has 9 nitrogen and oxygen atoms in total. The van der Waals surface area contributed by atoms with Crippen molar-refractivity contribution in [3.63, 3.8) is 0 Å². The lowest BCUT2D eigenvalue weighted by Gasteiger charge is -2.40. The summed E-state index contributed by atoms with van der Waals surface area (Å²) in [5, 5.41) is 2.99. The maximum absolute atomic E-state index is 13.8. The molecule has 1 aromatic heterocycles. The second-order valence-electron chi connectivity index (χ2n) is 11.8. The number of carbonyl (C=O) groups excluding carboxylic acids is 1. The summed E-state index contributed by atoms with van der Waals surface area (Å²) in [4.78, 5) is 34.1. The first kappa shape index (κ1) is 33.1. The Kier molecular flexibility index (Phi) is 11.5. The van der Waals surface area contributed by atoms with Gasteiger partial charge in [0.25, 0.3) is 11.5 Å². The minimum absolute atomic E-state index is 0.0518. The summed E-state index contributed by atoms with van der Waals surface area (Å²) in [7, 11) is 7.50. The molecule has 1 aliphatic carbocycles. The number of H-pyrrole nitrogens is 1. The summed E-state index contributed by atoms with van der Waals surface area (Å²) in [6.45, 7) is 7.89. The van der Waals surface area contributed by atoms with Gasteiger partial charge in [0, 0.05) is 42.7 Å². The van der Waals surface area contributed by atoms with Crippen LogP contribution in [-0.4, -0.2) is 75.9 Å². The van der Waals surface area contributed by atoms with E-state index in [9.17, 15) is 9.59 Å². The van der Waals surface area contributed by atoms with Gasteiger partial charge >= 0.3 is 0 Å². The highest BCUT2D eigenvalue weighted by Gasteiger charge is 2.28. The second kappa shape index (κ2) is 15.3. The van der Waals surface area contributed by atoms with Gasteiger partial charge in [0.2, 0.25) is 0 Å². The minimum atomic E-state index is -0.272. The number of aromatic nitrogens is 1. The molecule has 0 saturated heterocycles. The first-order chi connectivity index (χ1) is 21.2. The molecule has 0 spiro atoms. The molecule has 0 radical (unpaired) electrons. The quantitative estimate of drug-likeness (QED) is 0.255. The van der Waals surface area contributed by atoms with Crippen molar-refractivity contribution in [2.75, 3.05) is 53.0 Å². The Bertz CT molecular complexity index is 1460. The summed E-state index contributed by atoms with van der Waals surface area (Å²) in [5.74, 6) is 0.983. The van der Waals surface area contributed by atoms with Crippen LogP contribution in [0.3, 0.4) is 0 Å². The Hall–Kier alpha value is -3.82. The molecule has 44 heavy (non-hydrogen) atoms. The van der Waals surface area contributed by atoms with Gasteiger partial charge in [0.15, 0.2) is 0 Å². The van der Waals surface area contributed by atoms with Crippen LogP contribution in [0.1, 0.15) is 59.8 Å². The number of hydrogen-bond donors (Lipinski definition) is 2. The average molecular weight is 605 g/mol. The van der Waals surface area contributed by atoms with Crippen LogP contribution in [-0.2, 0) is 11.3 Å². The molecule has 4 rings (SSSR count). The largest absolute Gasteiger partial charge is 0.496 e. The van der Waals surface area contributed by atoms with E-state index in [2.05, 4.69) is 47.2 Å². The van der Waals surface area contributed by atoms with Crippen LogP contribution in [0.15, 0.2) is 47.3 Å². The van der Waals surface area contributed by atoms with E-state index in [-0.39, 0.29) is 18.0 Å². The Labute approximate surface area is 261 Å². The first-order valence-electron chi connectivity index (χ1n) is 15.5. The lowest BCUT2D eigenvalue weighted by atomic mass is 9.88. The number of amides is 1. The van der Waals surface area contributed by atoms with Crippen LogP contribution in [0.2, 0.25) is 0 Å². The van der Waals surface area contributed by atoms with E-state index in [1.165, 1.54) is 7.11 Å². The number of nitrogens with zero attached hydrogens (tertiary/aromatic N) is 2. The van der Waals surface area contributed by atoms with Crippen LogP contribution in [0, 0.1) is 13.8 Å². The number of anilines is 1. The molecule has 1 fully saturated rings. The maximum atomic E-state index is 13.8. The van der Waals surface area contributed by atoms with Gasteiger partial charge in [-0.05, 0) is 108 Å². The zero-order valence-corrected chi connectivity index (χ0v) is 27.3. The summed E-state index contributed by atoms with van der Waals surface area (Å²) >= 11 is 0. The van der Waals surface area contributed by atoms with E-state index in [0.717, 1.165) is 60.4 Å². The van der Waals surface area contributed by atoms with Gasteiger partial charge in [0.05, 0.1) is 25.8 Å². The van der Waals surface area contributed by atoms with Crippen molar-refractivity contribution >= 4 is 11.6 Å². The molecule has 1 amide bonds. The average Bonchev–Trinajstić information content (AvgIpc) is 3.02. The van der Waals surface area contributed by atoms with Crippen molar-refractivity contribution in [1.29, 1.82) is 0 Å². The molecule has 0 bridgehead atoms. The Balaban J connectivity index is 1.69. The summed E-state index contributed by atoms with van der Waals surface area (Å²) in [5.41, 5.74) is 5.32. The molecule has 0 atom stereocenters. The number of ether oxygens (including phenoxy) is 3. The highest BCUT2D eigenvalue weighted by molar-refractivity contribution is 5.99. The molecule has 9 heteroatoms. The molecule has 3 aromatic rings. The highest BCUT2D eigenvalue weighted by atomic mass is 16.5. The number of nitrogens with one attached hydrogen (secondary N) is 2. The predicted octanol–water partition coefficient (Wildman–Crippen LogP) is 5.32. The van der Waals surface area contributed by atoms with Gasteiger partial charge in [-0.15, -0.1) is 0 Å². The molecule has 1 heterocycles. The van der Waals surface area contributed by atoms with Crippen molar-refractivity contribution in [1.82, 2.24) is 15.2 Å². The highest BCUT2D eigenvalue weighted by Crippen LogP contribution is 2.36. The lowest BCUT2D eigenvalue weighted by molar-refractivity contribution is 0.0950. The van der Waals surface area contributed by atoms with Crippen molar-refractivity contribution in [2.24, 2.45) is 0 Å². The van der Waals surface area contributed by atoms with Gasteiger partial charge < -0.3 is 34.3 Å². The van der Waals surface area contributed by atoms with E-state index < -0.39 is 0 Å². The minimum Gasteiger partial charge on any atom is -0.496 e. The summed E-state index contributed by atoms with van der Waals surface area (Å²) in [6.07, 6.45) is 4.51. The third-order valence-electron chi connectivity index (χ3n) is 8.73. The molecule has 0 unspecified atom stereocenters. The van der Waals surface area contributed by atoms with Crippen molar-refractivity contribution in [3.05, 3.63) is 75.2 Å². The zero-order chi connectivity index (χ0) is 31.8. The summed E-state index contributed by atoms with van der Waals surface area (Å²) in [6, 6.07) is 14.9. The van der Waals surface area contributed by atoms with E-state index >= 15 is 0 Å². The molecule has 0 aliphatic heterocycles. The fourth-order valence-electron chi connectivity index (χ4n) is 6.20. The number of aromatic amines is 1. The maximum Gasteiger partial charge on any atom is 0.256 e. The molecule has 2 N–H and O–H groups in total. The molecule has 1 aliphatic rings. The van der Waals surface area contributed by atoms with Crippen molar-refractivity contribution in [3.8, 4) is 22.6 Å². The summed E-state index contributed by atoms with van der Waals surface area (Å²) < 4.78 is 16.3. The van der Waals surface area contributed by atoms with Gasteiger partial charge in [-0.3, -0.25) is 9.59 Å². The standard InChI is InChI=1S/C35H48N4O5/c1-8-39(28-13-11-27(12-14-28)38(4)5)32-21-26(25-9-15-29(16-10-25)44-18-17-42-6)20-30(24(32)3)34(40)36-22-31-33(43-7)19-23(2)37-35(31)41/h9-10,15-16,19-21,27-28H,8,11-14,17-18,22H2,1-7H3,(H,36,40)(H,37,41)/t27-,28-. The van der Waals surface area contributed by atoms with Crippen molar-refractivity contribution < 1.29 is 19.0 Å². The molecule has 2 aromatic carbocycles. The lowest BCUT2D eigenvalue weighted by Crippen LogP contribution is -2.42. The normalized spacial score (nSPS) is 16.5. The van der Waals surface area contributed by atoms with Crippen LogP contribution in [0.4, 0.5) is 5.69 Å². The first-order valence-corrected chi connectivity index (χ1v) is 15.5. The van der Waals surface area contributed by atoms with Crippen LogP contribution >= 0.6 is 0 Å². The predicted molar refractivity (Wildman–Crippen MR) is 176 cm³/mol. The van der Waals surface area contributed by atoms with Crippen LogP contribution < -0.4 is 25.2 Å². The van der Waals surface area contributed by atoms with Gasteiger partial charge in [0.1, 0.15) is 18.1 Å². The molecule has 1 saturated carbocycles. The third-order valence-corrected chi connectivity index (χ3v) is 8.73. The fraction of sp³-hybridized carbons (Fsp3) is 0.486. The SMILES string of the molecule is CCN(c1cc(-c2ccc(OCCOC)cc2)cc(C(=O)NCc2c(OC)cc(C)[nH]c2=O)c1C)[C@H]1CC[C@H](N(C)C)CC1. The monoisotopic (exact) mass is 604 g/mol. The molecular formula is C35H48N4O5. The molecule has 238 valence electrons. The van der Waals surface area contributed by atoms with E-state index in [0.29, 0.717) is 47.9 Å². The number of benzene rings is 2. The van der Waals surface area contributed by atoms with E-state index in [1.54, 1.807) is 20.1 Å². The number of pyridine rings is 1. The van der Waals surface area contributed by atoms with Crippen molar-refractivity contribution in [2.45, 2.75) is 65.1 Å². The smallest absolute Gasteiger partial charge is 0.256 e. The third kappa shape index (κ3) is 7.81. The Morgan fingerprint density at radius 1 is 0.955 bits per heavy atom. The van der Waals surface area contributed by atoms with Gasteiger partial charge in [-0.2, -0.15) is 0 Å². The number of hydrogen-bond acceptors (Lipinski definition) is 7. The zero-order valence-electron chi connectivity index (χ0n) is 27.3.